The number of nitro groups is 1. The largest absolute Gasteiger partial charge is 0.484 e. The Kier molecular flexibility index (Phi) is 6.22. The van der Waals surface area contributed by atoms with E-state index in [4.69, 9.17) is 9.15 Å². The molecule has 0 aliphatic carbocycles. The number of aliphatic hydroxyl groups is 1. The fraction of sp³-hybridized carbons (Fsp3) is 0.421. The van der Waals surface area contributed by atoms with E-state index < -0.39 is 16.6 Å². The summed E-state index contributed by atoms with van der Waals surface area (Å²) in [5.74, 6) is -0.0980. The van der Waals surface area contributed by atoms with Gasteiger partial charge in [0.15, 0.2) is 11.5 Å². The number of aliphatic hydroxyl groups excluding tert-OH is 1. The van der Waals surface area contributed by atoms with E-state index in [1.165, 1.54) is 17.2 Å². The summed E-state index contributed by atoms with van der Waals surface area (Å²) in [6.07, 6.45) is 0.369. The lowest BCUT2D eigenvalue weighted by molar-refractivity contribution is -0.385. The van der Waals surface area contributed by atoms with Gasteiger partial charge in [0.25, 0.3) is 5.91 Å². The van der Waals surface area contributed by atoms with Crippen LogP contribution in [0.2, 0.25) is 0 Å². The van der Waals surface area contributed by atoms with E-state index in [1.807, 2.05) is 20.8 Å². The number of nitro benzene ring substituents is 1. The Morgan fingerprint density at radius 1 is 1.37 bits per heavy atom. The molecule has 0 aliphatic rings. The van der Waals surface area contributed by atoms with Crippen molar-refractivity contribution in [2.75, 3.05) is 13.2 Å². The fourth-order valence-corrected chi connectivity index (χ4v) is 2.53. The number of carbonyl (C=O) groups excluding carboxylic acids is 1. The maximum atomic E-state index is 12.6. The average molecular weight is 376 g/mol. The van der Waals surface area contributed by atoms with Crippen LogP contribution in [0.15, 0.2) is 41.0 Å². The van der Waals surface area contributed by atoms with Crippen LogP contribution in [-0.2, 0) is 0 Å². The maximum Gasteiger partial charge on any atom is 0.310 e. The molecular weight excluding hydrogens is 352 g/mol. The molecule has 0 saturated carbocycles. The molecule has 8 heteroatoms. The molecule has 1 amide bonds. The van der Waals surface area contributed by atoms with Crippen LogP contribution in [0.5, 0.6) is 5.75 Å². The van der Waals surface area contributed by atoms with Gasteiger partial charge >= 0.3 is 5.69 Å². The summed E-state index contributed by atoms with van der Waals surface area (Å²) in [6.45, 7) is 7.10. The van der Waals surface area contributed by atoms with Crippen molar-refractivity contribution in [3.63, 3.8) is 0 Å². The molecule has 0 bridgehead atoms. The maximum absolute atomic E-state index is 12.6. The molecule has 0 fully saturated rings. The quantitative estimate of drug-likeness (QED) is 0.588. The van der Waals surface area contributed by atoms with Gasteiger partial charge in [0.1, 0.15) is 12.7 Å². The van der Waals surface area contributed by atoms with Crippen molar-refractivity contribution in [1.29, 1.82) is 0 Å². The van der Waals surface area contributed by atoms with Crippen molar-refractivity contribution in [3.8, 4) is 5.75 Å². The van der Waals surface area contributed by atoms with Gasteiger partial charge < -0.3 is 19.2 Å². The second-order valence-corrected chi connectivity index (χ2v) is 7.26. The standard InChI is InChI=1S/C19H24N2O6/c1-13-7-8-15(21(24)25)17(10-13)27-12-14(22)11-20(19(2,3)4)18(23)16-6-5-9-26-16/h5-10,14,22H,11-12H2,1-4H3. The minimum absolute atomic E-state index is 0.0113. The number of β-amino-alcohol motifs (C(OH)–C–C–N with tert-alkyl or cyclic N) is 1. The van der Waals surface area contributed by atoms with Crippen LogP contribution in [0.4, 0.5) is 5.69 Å². The van der Waals surface area contributed by atoms with Crippen LogP contribution in [0, 0.1) is 17.0 Å². The van der Waals surface area contributed by atoms with Gasteiger partial charge in [0.05, 0.1) is 17.7 Å². The molecule has 1 heterocycles. The number of hydrogen-bond donors (Lipinski definition) is 1. The molecule has 1 aromatic heterocycles. The van der Waals surface area contributed by atoms with Gasteiger partial charge in [-0.2, -0.15) is 0 Å². The molecule has 0 saturated heterocycles. The van der Waals surface area contributed by atoms with Gasteiger partial charge in [0.2, 0.25) is 0 Å². The first-order chi connectivity index (χ1) is 12.6. The highest BCUT2D eigenvalue weighted by Gasteiger charge is 2.31. The summed E-state index contributed by atoms with van der Waals surface area (Å²) < 4.78 is 10.6. The number of carbonyl (C=O) groups is 1. The van der Waals surface area contributed by atoms with Crippen molar-refractivity contribution in [2.24, 2.45) is 0 Å². The Morgan fingerprint density at radius 3 is 2.63 bits per heavy atom. The summed E-state index contributed by atoms with van der Waals surface area (Å²) >= 11 is 0. The third-order valence-electron chi connectivity index (χ3n) is 3.92. The second kappa shape index (κ2) is 8.22. The van der Waals surface area contributed by atoms with Gasteiger partial charge in [-0.15, -0.1) is 0 Å². The summed E-state index contributed by atoms with van der Waals surface area (Å²) in [6, 6.07) is 7.69. The Hall–Kier alpha value is -2.87. The van der Waals surface area contributed by atoms with E-state index >= 15 is 0 Å². The van der Waals surface area contributed by atoms with Crippen molar-refractivity contribution in [1.82, 2.24) is 4.90 Å². The summed E-state index contributed by atoms with van der Waals surface area (Å²) in [5, 5.41) is 21.5. The molecular formula is C19H24N2O6. The molecule has 1 unspecified atom stereocenters. The summed E-state index contributed by atoms with van der Waals surface area (Å²) in [5.41, 5.74) is 0.0572. The number of amides is 1. The summed E-state index contributed by atoms with van der Waals surface area (Å²) in [4.78, 5) is 24.7. The normalized spacial score (nSPS) is 12.5. The molecule has 2 aromatic rings. The topological polar surface area (TPSA) is 106 Å². The predicted octanol–water partition coefficient (Wildman–Crippen LogP) is 3.18. The highest BCUT2D eigenvalue weighted by atomic mass is 16.6. The number of rotatable bonds is 7. The lowest BCUT2D eigenvalue weighted by atomic mass is 10.0. The van der Waals surface area contributed by atoms with Gasteiger partial charge in [-0.25, -0.2) is 0 Å². The molecule has 27 heavy (non-hydrogen) atoms. The molecule has 0 radical (unpaired) electrons. The zero-order valence-electron chi connectivity index (χ0n) is 15.8. The van der Waals surface area contributed by atoms with Crippen LogP contribution >= 0.6 is 0 Å². The Balaban J connectivity index is 2.09. The van der Waals surface area contributed by atoms with Crippen molar-refractivity contribution in [2.45, 2.75) is 39.3 Å². The van der Waals surface area contributed by atoms with Gasteiger partial charge in [-0.1, -0.05) is 6.07 Å². The SMILES string of the molecule is Cc1ccc([N+](=O)[O-])c(OCC(O)CN(C(=O)c2ccco2)C(C)(C)C)c1. The summed E-state index contributed by atoms with van der Waals surface area (Å²) in [7, 11) is 0. The molecule has 0 aliphatic heterocycles. The van der Waals surface area contributed by atoms with Gasteiger partial charge in [-0.05, 0) is 51.5 Å². The molecule has 8 nitrogen and oxygen atoms in total. The van der Waals surface area contributed by atoms with E-state index in [1.54, 1.807) is 31.2 Å². The monoisotopic (exact) mass is 376 g/mol. The van der Waals surface area contributed by atoms with Crippen molar-refractivity contribution < 1.29 is 24.0 Å². The highest BCUT2D eigenvalue weighted by molar-refractivity contribution is 5.92. The number of hydrogen-bond acceptors (Lipinski definition) is 6. The number of ether oxygens (including phenoxy) is 1. The van der Waals surface area contributed by atoms with E-state index in [-0.39, 0.29) is 36.3 Å². The first kappa shape index (κ1) is 20.4. The van der Waals surface area contributed by atoms with Crippen LogP contribution in [0.3, 0.4) is 0 Å². The molecule has 1 N–H and O–H groups in total. The minimum Gasteiger partial charge on any atom is -0.484 e. The van der Waals surface area contributed by atoms with E-state index in [0.717, 1.165) is 5.56 Å². The molecule has 0 spiro atoms. The Labute approximate surface area is 157 Å². The lowest BCUT2D eigenvalue weighted by Crippen LogP contribution is -2.50. The number of nitrogens with zero attached hydrogens (tertiary/aromatic N) is 2. The van der Waals surface area contributed by atoms with Crippen molar-refractivity contribution >= 4 is 11.6 Å². The first-order valence-electron chi connectivity index (χ1n) is 8.51. The average Bonchev–Trinajstić information content (AvgIpc) is 3.10. The number of furan rings is 1. The predicted molar refractivity (Wildman–Crippen MR) is 98.8 cm³/mol. The molecule has 146 valence electrons. The Morgan fingerprint density at radius 2 is 2.07 bits per heavy atom. The number of benzene rings is 1. The smallest absolute Gasteiger partial charge is 0.310 e. The Bertz CT molecular complexity index is 795. The third-order valence-corrected chi connectivity index (χ3v) is 3.92. The van der Waals surface area contributed by atoms with Crippen LogP contribution < -0.4 is 4.74 Å². The third kappa shape index (κ3) is 5.30. The first-order valence-corrected chi connectivity index (χ1v) is 8.51. The van der Waals surface area contributed by atoms with E-state index in [0.29, 0.717) is 0 Å². The van der Waals surface area contributed by atoms with Gasteiger partial charge in [-0.3, -0.25) is 14.9 Å². The fourth-order valence-electron chi connectivity index (χ4n) is 2.53. The zero-order chi connectivity index (χ0) is 20.2. The highest BCUT2D eigenvalue weighted by Crippen LogP contribution is 2.28. The van der Waals surface area contributed by atoms with E-state index in [2.05, 4.69) is 0 Å². The molecule has 2 rings (SSSR count). The van der Waals surface area contributed by atoms with Crippen LogP contribution in [0.25, 0.3) is 0 Å². The molecule has 1 atom stereocenters. The number of aryl methyl sites for hydroxylation is 1. The van der Waals surface area contributed by atoms with Crippen LogP contribution in [0.1, 0.15) is 36.9 Å². The minimum atomic E-state index is -1.04. The van der Waals surface area contributed by atoms with Crippen LogP contribution in [-0.4, -0.2) is 45.6 Å². The molecule has 1 aromatic carbocycles. The van der Waals surface area contributed by atoms with E-state index in [9.17, 15) is 20.0 Å². The second-order valence-electron chi connectivity index (χ2n) is 7.26. The lowest BCUT2D eigenvalue weighted by Gasteiger charge is -2.36. The zero-order valence-corrected chi connectivity index (χ0v) is 15.8. The van der Waals surface area contributed by atoms with Gasteiger partial charge in [0, 0.05) is 11.6 Å². The van der Waals surface area contributed by atoms with Crippen molar-refractivity contribution in [3.05, 3.63) is 58.0 Å².